The fourth-order valence-corrected chi connectivity index (χ4v) is 4.82. The van der Waals surface area contributed by atoms with Crippen molar-refractivity contribution in [3.8, 4) is 0 Å². The van der Waals surface area contributed by atoms with Crippen molar-refractivity contribution in [2.45, 2.75) is 22.8 Å². The molecule has 2 rings (SSSR count). The fourth-order valence-electron chi connectivity index (χ4n) is 2.46. The van der Waals surface area contributed by atoms with Crippen molar-refractivity contribution in [2.75, 3.05) is 14.2 Å². The zero-order valence-corrected chi connectivity index (χ0v) is 17.7. The van der Waals surface area contributed by atoms with E-state index in [-0.39, 0.29) is 20.4 Å². The standard InChI is InChI=1S/C17H19ClN2O6S2/c1-11(12-4-7-14(8-5-12)27(19,22)23)20(2)28(24,25)16-10-13(17(21)26-3)6-9-15(16)18/h4-11H,1-3H3,(H2,19,22,23). The molecule has 1 unspecified atom stereocenters. The normalized spacial score (nSPS) is 13.4. The number of carbonyl (C=O) groups is 1. The second kappa shape index (κ2) is 8.18. The van der Waals surface area contributed by atoms with Gasteiger partial charge in [-0.15, -0.1) is 0 Å². The molecule has 0 bridgehead atoms. The van der Waals surface area contributed by atoms with Gasteiger partial charge in [0.25, 0.3) is 0 Å². The van der Waals surface area contributed by atoms with E-state index in [1.54, 1.807) is 6.92 Å². The van der Waals surface area contributed by atoms with Crippen LogP contribution in [0.5, 0.6) is 0 Å². The first kappa shape index (κ1) is 22.3. The lowest BCUT2D eigenvalue weighted by Gasteiger charge is -2.25. The summed E-state index contributed by atoms with van der Waals surface area (Å²) in [6.07, 6.45) is 0. The minimum atomic E-state index is -4.07. The predicted molar refractivity (Wildman–Crippen MR) is 104 cm³/mol. The largest absolute Gasteiger partial charge is 0.465 e. The number of carbonyl (C=O) groups excluding carboxylic acids is 1. The molecule has 0 radical (unpaired) electrons. The van der Waals surface area contributed by atoms with Gasteiger partial charge in [0.2, 0.25) is 20.0 Å². The lowest BCUT2D eigenvalue weighted by atomic mass is 10.1. The fraction of sp³-hybridized carbons (Fsp3) is 0.235. The Kier molecular flexibility index (Phi) is 6.51. The Balaban J connectivity index is 2.42. The Labute approximate surface area is 169 Å². The molecule has 1 atom stereocenters. The van der Waals surface area contributed by atoms with E-state index in [9.17, 15) is 21.6 Å². The van der Waals surface area contributed by atoms with Crippen molar-refractivity contribution in [3.63, 3.8) is 0 Å². The molecule has 8 nitrogen and oxygen atoms in total. The first-order valence-corrected chi connectivity index (χ1v) is 11.2. The maximum absolute atomic E-state index is 13.0. The van der Waals surface area contributed by atoms with Gasteiger partial charge in [0.1, 0.15) is 4.90 Å². The molecule has 0 heterocycles. The number of nitrogens with two attached hydrogens (primary N) is 1. The lowest BCUT2D eigenvalue weighted by Crippen LogP contribution is -2.30. The molecule has 0 saturated carbocycles. The van der Waals surface area contributed by atoms with Crippen LogP contribution in [0.3, 0.4) is 0 Å². The summed E-state index contributed by atoms with van der Waals surface area (Å²) < 4.78 is 54.5. The quantitative estimate of drug-likeness (QED) is 0.678. The van der Waals surface area contributed by atoms with Crippen molar-refractivity contribution < 1.29 is 26.4 Å². The smallest absolute Gasteiger partial charge is 0.337 e. The van der Waals surface area contributed by atoms with Crippen molar-refractivity contribution in [1.82, 2.24) is 4.31 Å². The molecule has 2 aromatic carbocycles. The van der Waals surface area contributed by atoms with Crippen molar-refractivity contribution in [3.05, 3.63) is 58.6 Å². The van der Waals surface area contributed by atoms with E-state index >= 15 is 0 Å². The first-order chi connectivity index (χ1) is 12.9. The van der Waals surface area contributed by atoms with Crippen LogP contribution in [0.15, 0.2) is 52.3 Å². The monoisotopic (exact) mass is 446 g/mol. The highest BCUT2D eigenvalue weighted by atomic mass is 35.5. The zero-order chi connectivity index (χ0) is 21.3. The van der Waals surface area contributed by atoms with Crippen LogP contribution < -0.4 is 5.14 Å². The van der Waals surface area contributed by atoms with E-state index in [1.165, 1.54) is 50.6 Å². The van der Waals surface area contributed by atoms with Gasteiger partial charge in [-0.1, -0.05) is 23.7 Å². The molecule has 11 heteroatoms. The number of benzene rings is 2. The Hall–Kier alpha value is -1.98. The number of esters is 1. The topological polar surface area (TPSA) is 124 Å². The van der Waals surface area contributed by atoms with E-state index < -0.39 is 32.1 Å². The second-order valence-corrected chi connectivity index (χ2v) is 9.88. The summed E-state index contributed by atoms with van der Waals surface area (Å²) in [6.45, 7) is 1.63. The number of halogens is 1. The molecule has 28 heavy (non-hydrogen) atoms. The number of hydrogen-bond acceptors (Lipinski definition) is 6. The Bertz CT molecular complexity index is 1100. The molecule has 152 valence electrons. The lowest BCUT2D eigenvalue weighted by molar-refractivity contribution is 0.0600. The van der Waals surface area contributed by atoms with Crippen LogP contribution in [0, 0.1) is 0 Å². The minimum absolute atomic E-state index is 0.0451. The van der Waals surface area contributed by atoms with Gasteiger partial charge in [-0.05, 0) is 42.8 Å². The van der Waals surface area contributed by atoms with Crippen molar-refractivity contribution in [2.24, 2.45) is 5.14 Å². The SMILES string of the molecule is COC(=O)c1ccc(Cl)c(S(=O)(=O)N(C)C(C)c2ccc(S(N)(=O)=O)cc2)c1. The first-order valence-electron chi connectivity index (χ1n) is 7.88. The molecule has 0 spiro atoms. The number of nitrogens with zero attached hydrogens (tertiary/aromatic N) is 1. The number of methoxy groups -OCH3 is 1. The van der Waals surface area contributed by atoms with Gasteiger partial charge in [0.05, 0.1) is 22.6 Å². The van der Waals surface area contributed by atoms with Crippen molar-refractivity contribution in [1.29, 1.82) is 0 Å². The summed E-state index contributed by atoms with van der Waals surface area (Å²) in [6, 6.07) is 8.71. The molecular weight excluding hydrogens is 428 g/mol. The third kappa shape index (κ3) is 4.53. The van der Waals surface area contributed by atoms with Crippen LogP contribution in [0.25, 0.3) is 0 Å². The summed E-state index contributed by atoms with van der Waals surface area (Å²) >= 11 is 6.06. The summed E-state index contributed by atoms with van der Waals surface area (Å²) in [5.41, 5.74) is 0.586. The van der Waals surface area contributed by atoms with Gasteiger partial charge in [0, 0.05) is 13.1 Å². The molecule has 0 aliphatic heterocycles. The van der Waals surface area contributed by atoms with Crippen LogP contribution >= 0.6 is 11.6 Å². The van der Waals surface area contributed by atoms with Crippen LogP contribution in [0.1, 0.15) is 28.9 Å². The Morgan fingerprint density at radius 2 is 1.68 bits per heavy atom. The average Bonchev–Trinajstić information content (AvgIpc) is 2.65. The van der Waals surface area contributed by atoms with E-state index in [0.717, 1.165) is 10.4 Å². The molecule has 0 aliphatic rings. The Morgan fingerprint density at radius 3 is 2.18 bits per heavy atom. The van der Waals surface area contributed by atoms with E-state index in [1.807, 2.05) is 0 Å². The molecule has 0 aromatic heterocycles. The molecular formula is C17H19ClN2O6S2. The summed E-state index contributed by atoms with van der Waals surface area (Å²) in [5.74, 6) is -0.692. The molecule has 0 aliphatic carbocycles. The number of primary sulfonamides is 1. The maximum atomic E-state index is 13.0. The molecule has 0 amide bonds. The van der Waals surface area contributed by atoms with Gasteiger partial charge in [0.15, 0.2) is 0 Å². The molecule has 2 aromatic rings. The predicted octanol–water partition coefficient (Wildman–Crippen LogP) is 2.16. The number of hydrogen-bond donors (Lipinski definition) is 1. The van der Waals surface area contributed by atoms with Crippen LogP contribution in [0.2, 0.25) is 5.02 Å². The number of sulfonamides is 2. The van der Waals surface area contributed by atoms with E-state index in [2.05, 4.69) is 4.74 Å². The van der Waals surface area contributed by atoms with Gasteiger partial charge in [-0.2, -0.15) is 4.31 Å². The van der Waals surface area contributed by atoms with Gasteiger partial charge < -0.3 is 4.74 Å². The average molecular weight is 447 g/mol. The second-order valence-electron chi connectivity index (χ2n) is 5.95. The maximum Gasteiger partial charge on any atom is 0.337 e. The summed E-state index contributed by atoms with van der Waals surface area (Å²) in [4.78, 5) is 11.4. The van der Waals surface area contributed by atoms with Crippen LogP contribution in [-0.4, -0.2) is 41.3 Å². The summed E-state index contributed by atoms with van der Waals surface area (Å²) in [7, 11) is -5.38. The highest BCUT2D eigenvalue weighted by molar-refractivity contribution is 7.89. The van der Waals surface area contributed by atoms with Gasteiger partial charge in [-0.25, -0.2) is 26.8 Å². The van der Waals surface area contributed by atoms with Crippen LogP contribution in [0.4, 0.5) is 0 Å². The van der Waals surface area contributed by atoms with Crippen LogP contribution in [-0.2, 0) is 24.8 Å². The number of rotatable bonds is 6. The van der Waals surface area contributed by atoms with E-state index in [4.69, 9.17) is 16.7 Å². The molecule has 2 N–H and O–H groups in total. The zero-order valence-electron chi connectivity index (χ0n) is 15.3. The summed E-state index contributed by atoms with van der Waals surface area (Å²) in [5, 5.41) is 5.02. The molecule has 0 fully saturated rings. The highest BCUT2D eigenvalue weighted by Crippen LogP contribution is 2.31. The third-order valence-corrected chi connectivity index (χ3v) is 7.58. The Morgan fingerprint density at radius 1 is 1.11 bits per heavy atom. The van der Waals surface area contributed by atoms with Gasteiger partial charge >= 0.3 is 5.97 Å². The number of ether oxygens (including phenoxy) is 1. The molecule has 0 saturated heterocycles. The third-order valence-electron chi connectivity index (χ3n) is 4.25. The highest BCUT2D eigenvalue weighted by Gasteiger charge is 2.29. The van der Waals surface area contributed by atoms with Gasteiger partial charge in [-0.3, -0.25) is 0 Å². The van der Waals surface area contributed by atoms with E-state index in [0.29, 0.717) is 5.56 Å². The van der Waals surface area contributed by atoms with Crippen molar-refractivity contribution >= 4 is 37.6 Å². The minimum Gasteiger partial charge on any atom is -0.465 e.